The fraction of sp³-hybridized carbons (Fsp3) is 0.364. The van der Waals surface area contributed by atoms with Gasteiger partial charge in [0.15, 0.2) is 0 Å². The van der Waals surface area contributed by atoms with Crippen molar-refractivity contribution in [1.29, 1.82) is 0 Å². The van der Waals surface area contributed by atoms with Gasteiger partial charge in [0.05, 0.1) is 6.04 Å². The molecule has 2 amide bonds. The Balaban J connectivity index is 1.41. The summed E-state index contributed by atoms with van der Waals surface area (Å²) in [5.41, 5.74) is 3.38. The van der Waals surface area contributed by atoms with Crippen molar-refractivity contribution in [3.63, 3.8) is 0 Å². The first-order valence-electron chi connectivity index (χ1n) is 9.61. The van der Waals surface area contributed by atoms with Gasteiger partial charge in [-0.15, -0.1) is 0 Å². The first kappa shape index (κ1) is 19.0. The number of anilines is 1. The number of carbonyl (C=O) groups is 2. The predicted octanol–water partition coefficient (Wildman–Crippen LogP) is 2.82. The lowest BCUT2D eigenvalue weighted by Gasteiger charge is -2.17. The normalized spacial score (nSPS) is 14.6. The molecule has 5 heteroatoms. The summed E-state index contributed by atoms with van der Waals surface area (Å²) in [6.07, 6.45) is 3.23. The molecule has 1 fully saturated rings. The van der Waals surface area contributed by atoms with Crippen LogP contribution in [0.15, 0.2) is 54.6 Å². The van der Waals surface area contributed by atoms with Crippen molar-refractivity contribution >= 4 is 17.5 Å². The molecule has 2 aromatic rings. The fourth-order valence-corrected chi connectivity index (χ4v) is 3.34. The van der Waals surface area contributed by atoms with E-state index in [0.717, 1.165) is 24.2 Å². The summed E-state index contributed by atoms with van der Waals surface area (Å²) < 4.78 is 0. The van der Waals surface area contributed by atoms with E-state index in [1.807, 2.05) is 37.3 Å². The van der Waals surface area contributed by atoms with Crippen LogP contribution in [0.4, 0.5) is 5.69 Å². The van der Waals surface area contributed by atoms with Crippen LogP contribution in [0.2, 0.25) is 0 Å². The van der Waals surface area contributed by atoms with Crippen LogP contribution in [0, 0.1) is 0 Å². The van der Waals surface area contributed by atoms with Crippen LogP contribution in [0.5, 0.6) is 0 Å². The molecule has 5 nitrogen and oxygen atoms in total. The largest absolute Gasteiger partial charge is 0.372 e. The highest BCUT2D eigenvalue weighted by Gasteiger charge is 2.16. The third kappa shape index (κ3) is 5.33. The molecule has 1 aliphatic rings. The van der Waals surface area contributed by atoms with E-state index >= 15 is 0 Å². The smallest absolute Gasteiger partial charge is 0.309 e. The number of carbonyl (C=O) groups excluding carboxylic acids is 2. The quantitative estimate of drug-likeness (QED) is 0.774. The Morgan fingerprint density at radius 2 is 1.63 bits per heavy atom. The molecule has 27 heavy (non-hydrogen) atoms. The zero-order valence-electron chi connectivity index (χ0n) is 15.8. The second kappa shape index (κ2) is 9.21. The summed E-state index contributed by atoms with van der Waals surface area (Å²) in [5.74, 6) is -1.19. The van der Waals surface area contributed by atoms with Crippen molar-refractivity contribution in [2.45, 2.75) is 32.2 Å². The van der Waals surface area contributed by atoms with E-state index in [1.165, 1.54) is 18.5 Å². The molecular formula is C22H27N3O2. The van der Waals surface area contributed by atoms with Gasteiger partial charge in [-0.2, -0.15) is 0 Å². The van der Waals surface area contributed by atoms with Crippen molar-refractivity contribution < 1.29 is 9.59 Å². The molecule has 0 radical (unpaired) electrons. The van der Waals surface area contributed by atoms with Gasteiger partial charge < -0.3 is 15.5 Å². The Morgan fingerprint density at radius 1 is 0.963 bits per heavy atom. The van der Waals surface area contributed by atoms with Gasteiger partial charge in [0.1, 0.15) is 0 Å². The van der Waals surface area contributed by atoms with E-state index < -0.39 is 11.8 Å². The number of benzene rings is 2. The van der Waals surface area contributed by atoms with Crippen molar-refractivity contribution in [2.24, 2.45) is 0 Å². The summed E-state index contributed by atoms with van der Waals surface area (Å²) in [4.78, 5) is 26.4. The van der Waals surface area contributed by atoms with Crippen LogP contribution in [-0.2, 0) is 16.0 Å². The van der Waals surface area contributed by atoms with Crippen LogP contribution >= 0.6 is 0 Å². The lowest BCUT2D eigenvalue weighted by molar-refractivity contribution is -0.139. The van der Waals surface area contributed by atoms with Crippen molar-refractivity contribution in [3.05, 3.63) is 65.7 Å². The van der Waals surface area contributed by atoms with E-state index in [-0.39, 0.29) is 6.04 Å². The maximum absolute atomic E-state index is 12.0. The highest BCUT2D eigenvalue weighted by molar-refractivity contribution is 6.35. The molecule has 1 aliphatic heterocycles. The van der Waals surface area contributed by atoms with Crippen molar-refractivity contribution in [2.75, 3.05) is 24.5 Å². The standard InChI is InChI=1S/C22H27N3O2/c1-17(19-7-3-2-4-8-19)24-22(27)21(26)23-14-13-18-9-11-20(12-10-18)25-15-5-6-16-25/h2-4,7-12,17H,5-6,13-16H2,1H3,(H,23,26)(H,24,27). The minimum atomic E-state index is -0.601. The first-order valence-corrected chi connectivity index (χ1v) is 9.61. The number of rotatable bonds is 6. The molecule has 0 bridgehead atoms. The molecule has 2 N–H and O–H groups in total. The zero-order valence-corrected chi connectivity index (χ0v) is 15.8. The van der Waals surface area contributed by atoms with E-state index in [2.05, 4.69) is 39.8 Å². The molecule has 1 unspecified atom stereocenters. The minimum Gasteiger partial charge on any atom is -0.372 e. The van der Waals surface area contributed by atoms with Crippen LogP contribution in [0.1, 0.15) is 36.9 Å². The summed E-state index contributed by atoms with van der Waals surface area (Å²) in [6, 6.07) is 17.8. The molecule has 1 heterocycles. The maximum atomic E-state index is 12.0. The summed E-state index contributed by atoms with van der Waals surface area (Å²) >= 11 is 0. The maximum Gasteiger partial charge on any atom is 0.309 e. The monoisotopic (exact) mass is 365 g/mol. The second-order valence-electron chi connectivity index (χ2n) is 6.97. The average Bonchev–Trinajstić information content (AvgIpc) is 3.24. The lowest BCUT2D eigenvalue weighted by atomic mass is 10.1. The summed E-state index contributed by atoms with van der Waals surface area (Å²) in [7, 11) is 0. The summed E-state index contributed by atoms with van der Waals surface area (Å²) in [6.45, 7) is 4.56. The van der Waals surface area contributed by atoms with Crippen LogP contribution in [0.3, 0.4) is 0 Å². The molecule has 0 spiro atoms. The molecule has 1 atom stereocenters. The Hall–Kier alpha value is -2.82. The molecule has 0 saturated carbocycles. The molecule has 0 aliphatic carbocycles. The first-order chi connectivity index (χ1) is 13.1. The SMILES string of the molecule is CC(NC(=O)C(=O)NCCc1ccc(N2CCCC2)cc1)c1ccccc1. The predicted molar refractivity (Wildman–Crippen MR) is 108 cm³/mol. The summed E-state index contributed by atoms with van der Waals surface area (Å²) in [5, 5.41) is 5.42. The third-order valence-corrected chi connectivity index (χ3v) is 4.96. The topological polar surface area (TPSA) is 61.4 Å². The van der Waals surface area contributed by atoms with Crippen LogP contribution in [0.25, 0.3) is 0 Å². The molecule has 142 valence electrons. The molecule has 0 aromatic heterocycles. The zero-order chi connectivity index (χ0) is 19.1. The fourth-order valence-electron chi connectivity index (χ4n) is 3.34. The number of hydrogen-bond donors (Lipinski definition) is 2. The lowest BCUT2D eigenvalue weighted by Crippen LogP contribution is -2.41. The van der Waals surface area contributed by atoms with Gasteiger partial charge in [-0.05, 0) is 49.4 Å². The van der Waals surface area contributed by atoms with E-state index in [1.54, 1.807) is 0 Å². The molecule has 2 aromatic carbocycles. The van der Waals surface area contributed by atoms with Gasteiger partial charge in [0.2, 0.25) is 0 Å². The van der Waals surface area contributed by atoms with E-state index in [4.69, 9.17) is 0 Å². The van der Waals surface area contributed by atoms with E-state index in [9.17, 15) is 9.59 Å². The number of nitrogens with one attached hydrogen (secondary N) is 2. The number of hydrogen-bond acceptors (Lipinski definition) is 3. The van der Waals surface area contributed by atoms with Crippen LogP contribution < -0.4 is 15.5 Å². The highest BCUT2D eigenvalue weighted by Crippen LogP contribution is 2.20. The van der Waals surface area contributed by atoms with E-state index in [0.29, 0.717) is 13.0 Å². The van der Waals surface area contributed by atoms with Gasteiger partial charge in [-0.1, -0.05) is 42.5 Å². The Morgan fingerprint density at radius 3 is 2.30 bits per heavy atom. The van der Waals surface area contributed by atoms with Gasteiger partial charge in [0.25, 0.3) is 0 Å². The Kier molecular flexibility index (Phi) is 6.47. The van der Waals surface area contributed by atoms with Gasteiger partial charge in [-0.3, -0.25) is 9.59 Å². The third-order valence-electron chi connectivity index (χ3n) is 4.96. The van der Waals surface area contributed by atoms with Crippen molar-refractivity contribution in [1.82, 2.24) is 10.6 Å². The highest BCUT2D eigenvalue weighted by atomic mass is 16.2. The number of amides is 2. The number of nitrogens with zero attached hydrogens (tertiary/aromatic N) is 1. The average molecular weight is 365 g/mol. The van der Waals surface area contributed by atoms with Gasteiger partial charge in [-0.25, -0.2) is 0 Å². The van der Waals surface area contributed by atoms with Gasteiger partial charge >= 0.3 is 11.8 Å². The van der Waals surface area contributed by atoms with Gasteiger partial charge in [0, 0.05) is 25.3 Å². The molecule has 1 saturated heterocycles. The van der Waals surface area contributed by atoms with Crippen molar-refractivity contribution in [3.8, 4) is 0 Å². The Bertz CT molecular complexity index is 753. The minimum absolute atomic E-state index is 0.206. The van der Waals surface area contributed by atoms with Crippen LogP contribution in [-0.4, -0.2) is 31.4 Å². The molecule has 3 rings (SSSR count). The second-order valence-corrected chi connectivity index (χ2v) is 6.97. The Labute approximate surface area is 160 Å². The molecular weight excluding hydrogens is 338 g/mol.